The fraction of sp³-hybridized carbons (Fsp3) is 0.600. The van der Waals surface area contributed by atoms with Crippen LogP contribution in [0.1, 0.15) is 18.7 Å². The molecule has 0 saturated carbocycles. The number of rotatable bonds is 3. The summed E-state index contributed by atoms with van der Waals surface area (Å²) in [4.78, 5) is 8.18. The van der Waals surface area contributed by atoms with E-state index in [0.717, 1.165) is 19.4 Å². The zero-order chi connectivity index (χ0) is 11.5. The van der Waals surface area contributed by atoms with Gasteiger partial charge < -0.3 is 15.8 Å². The van der Waals surface area contributed by atoms with Crippen LogP contribution in [0, 0.1) is 6.92 Å². The van der Waals surface area contributed by atoms with Crippen LogP contribution < -0.4 is 11.1 Å². The number of aryl methyl sites for hydroxylation is 1. The highest BCUT2D eigenvalue weighted by atomic mass is 35.5. The van der Waals surface area contributed by atoms with Gasteiger partial charge in [0.25, 0.3) is 0 Å². The first kappa shape index (κ1) is 11.4. The molecule has 0 unspecified atom stereocenters. The van der Waals surface area contributed by atoms with Crippen LogP contribution >= 0.6 is 11.6 Å². The lowest BCUT2D eigenvalue weighted by molar-refractivity contribution is 0.120. The molecule has 1 atom stereocenters. The third-order valence-electron chi connectivity index (χ3n) is 2.53. The summed E-state index contributed by atoms with van der Waals surface area (Å²) in [5, 5.41) is 3.44. The van der Waals surface area contributed by atoms with Gasteiger partial charge in [0.15, 0.2) is 11.0 Å². The van der Waals surface area contributed by atoms with Gasteiger partial charge in [0.1, 0.15) is 11.5 Å². The lowest BCUT2D eigenvalue weighted by Crippen LogP contribution is -2.20. The Kier molecular flexibility index (Phi) is 3.46. The predicted molar refractivity (Wildman–Crippen MR) is 63.7 cm³/mol. The Morgan fingerprint density at radius 3 is 3.06 bits per heavy atom. The van der Waals surface area contributed by atoms with Crippen molar-refractivity contribution in [2.45, 2.75) is 25.9 Å². The average Bonchev–Trinajstić information content (AvgIpc) is 2.74. The van der Waals surface area contributed by atoms with Crippen molar-refractivity contribution in [2.75, 3.05) is 24.2 Å². The van der Waals surface area contributed by atoms with Crippen LogP contribution in [0.4, 0.5) is 11.5 Å². The third-order valence-corrected chi connectivity index (χ3v) is 2.82. The molecule has 1 saturated heterocycles. The van der Waals surface area contributed by atoms with Crippen molar-refractivity contribution in [1.82, 2.24) is 9.97 Å². The van der Waals surface area contributed by atoms with Crippen molar-refractivity contribution >= 4 is 23.1 Å². The van der Waals surface area contributed by atoms with Crippen LogP contribution in [0.2, 0.25) is 5.15 Å². The molecule has 1 aromatic heterocycles. The number of aromatic nitrogens is 2. The normalized spacial score (nSPS) is 20.0. The number of anilines is 2. The van der Waals surface area contributed by atoms with E-state index in [-0.39, 0.29) is 6.10 Å². The number of ether oxygens (including phenoxy) is 1. The minimum Gasteiger partial charge on any atom is -0.393 e. The maximum atomic E-state index is 5.87. The molecule has 88 valence electrons. The summed E-state index contributed by atoms with van der Waals surface area (Å²) in [5.74, 6) is 1.20. The van der Waals surface area contributed by atoms with Crippen molar-refractivity contribution in [1.29, 1.82) is 0 Å². The summed E-state index contributed by atoms with van der Waals surface area (Å²) in [5.41, 5.74) is 6.17. The summed E-state index contributed by atoms with van der Waals surface area (Å²) >= 11 is 5.87. The molecule has 0 amide bonds. The molecule has 0 spiro atoms. The van der Waals surface area contributed by atoms with Gasteiger partial charge in [-0.25, -0.2) is 9.97 Å². The Morgan fingerprint density at radius 1 is 1.56 bits per heavy atom. The van der Waals surface area contributed by atoms with Crippen molar-refractivity contribution < 1.29 is 4.74 Å². The number of nitrogens with one attached hydrogen (secondary N) is 1. The van der Waals surface area contributed by atoms with Crippen LogP contribution in [0.15, 0.2) is 0 Å². The van der Waals surface area contributed by atoms with E-state index >= 15 is 0 Å². The highest BCUT2D eigenvalue weighted by Gasteiger charge is 2.16. The van der Waals surface area contributed by atoms with E-state index in [2.05, 4.69) is 15.3 Å². The highest BCUT2D eigenvalue weighted by Crippen LogP contribution is 2.24. The van der Waals surface area contributed by atoms with Gasteiger partial charge in [0, 0.05) is 13.2 Å². The van der Waals surface area contributed by atoms with Gasteiger partial charge in [-0.3, -0.25) is 0 Å². The van der Waals surface area contributed by atoms with E-state index in [1.54, 1.807) is 6.92 Å². The number of nitrogens with two attached hydrogens (primary N) is 1. The number of hydrogen-bond donors (Lipinski definition) is 2. The minimum atomic E-state index is 0.244. The Morgan fingerprint density at radius 2 is 2.38 bits per heavy atom. The SMILES string of the molecule is Cc1nc(Cl)c(N)c(NC[C@H]2CCCO2)n1. The van der Waals surface area contributed by atoms with Gasteiger partial charge in [-0.15, -0.1) is 0 Å². The molecule has 5 nitrogen and oxygen atoms in total. The van der Waals surface area contributed by atoms with Crippen LogP contribution in [0.3, 0.4) is 0 Å². The number of hydrogen-bond acceptors (Lipinski definition) is 5. The van der Waals surface area contributed by atoms with Gasteiger partial charge >= 0.3 is 0 Å². The average molecular weight is 243 g/mol. The van der Waals surface area contributed by atoms with Crippen LogP contribution in [-0.4, -0.2) is 29.2 Å². The van der Waals surface area contributed by atoms with Crippen LogP contribution in [0.25, 0.3) is 0 Å². The standard InChI is InChI=1S/C10H15ClN4O/c1-6-14-9(11)8(12)10(15-6)13-5-7-3-2-4-16-7/h7H,2-5,12H2,1H3,(H,13,14,15)/t7-/m1/s1. The van der Waals surface area contributed by atoms with E-state index in [4.69, 9.17) is 22.1 Å². The Balaban J connectivity index is 2.02. The van der Waals surface area contributed by atoms with Gasteiger partial charge in [0.2, 0.25) is 0 Å². The molecule has 16 heavy (non-hydrogen) atoms. The monoisotopic (exact) mass is 242 g/mol. The summed E-state index contributed by atoms with van der Waals surface area (Å²) in [6.45, 7) is 3.32. The second kappa shape index (κ2) is 4.84. The first-order valence-electron chi connectivity index (χ1n) is 5.32. The zero-order valence-corrected chi connectivity index (χ0v) is 9.92. The fourth-order valence-corrected chi connectivity index (χ4v) is 1.91. The summed E-state index contributed by atoms with van der Waals surface area (Å²) in [6.07, 6.45) is 2.43. The first-order valence-corrected chi connectivity index (χ1v) is 5.69. The quantitative estimate of drug-likeness (QED) is 0.788. The maximum absolute atomic E-state index is 5.87. The molecule has 1 aromatic rings. The molecule has 1 aliphatic heterocycles. The number of nitrogens with zero attached hydrogens (tertiary/aromatic N) is 2. The van der Waals surface area contributed by atoms with E-state index < -0.39 is 0 Å². The van der Waals surface area contributed by atoms with Gasteiger partial charge in [-0.1, -0.05) is 11.6 Å². The molecule has 1 fully saturated rings. The van der Waals surface area contributed by atoms with Gasteiger partial charge in [-0.05, 0) is 19.8 Å². The minimum absolute atomic E-state index is 0.244. The van der Waals surface area contributed by atoms with E-state index in [0.29, 0.717) is 29.0 Å². The smallest absolute Gasteiger partial charge is 0.157 e. The first-order chi connectivity index (χ1) is 7.66. The molecule has 0 bridgehead atoms. The molecular formula is C10H15ClN4O. The summed E-state index contributed by atoms with van der Waals surface area (Å²) < 4.78 is 5.50. The lowest BCUT2D eigenvalue weighted by atomic mass is 10.2. The molecule has 3 N–H and O–H groups in total. The Hall–Kier alpha value is -1.07. The molecule has 0 aliphatic carbocycles. The second-order valence-electron chi connectivity index (χ2n) is 3.84. The van der Waals surface area contributed by atoms with Crippen molar-refractivity contribution in [3.8, 4) is 0 Å². The molecule has 6 heteroatoms. The van der Waals surface area contributed by atoms with Crippen molar-refractivity contribution in [2.24, 2.45) is 0 Å². The van der Waals surface area contributed by atoms with Crippen LogP contribution in [-0.2, 0) is 4.74 Å². The molecule has 2 rings (SSSR count). The second-order valence-corrected chi connectivity index (χ2v) is 4.20. The molecule has 1 aliphatic rings. The zero-order valence-electron chi connectivity index (χ0n) is 9.16. The number of nitrogen functional groups attached to an aromatic ring is 1. The van der Waals surface area contributed by atoms with E-state index in [1.807, 2.05) is 0 Å². The summed E-state index contributed by atoms with van der Waals surface area (Å²) in [6, 6.07) is 0. The molecule has 0 aromatic carbocycles. The van der Waals surface area contributed by atoms with E-state index in [9.17, 15) is 0 Å². The largest absolute Gasteiger partial charge is 0.393 e. The Bertz CT molecular complexity index is 379. The molecular weight excluding hydrogens is 228 g/mol. The Labute approximate surface area is 99.4 Å². The highest BCUT2D eigenvalue weighted by molar-refractivity contribution is 6.32. The predicted octanol–water partition coefficient (Wildman–Crippen LogP) is 1.61. The van der Waals surface area contributed by atoms with E-state index in [1.165, 1.54) is 0 Å². The van der Waals surface area contributed by atoms with Crippen molar-refractivity contribution in [3.05, 3.63) is 11.0 Å². The van der Waals surface area contributed by atoms with Gasteiger partial charge in [-0.2, -0.15) is 0 Å². The molecule has 0 radical (unpaired) electrons. The third kappa shape index (κ3) is 2.54. The molecule has 2 heterocycles. The van der Waals surface area contributed by atoms with Gasteiger partial charge in [0.05, 0.1) is 6.10 Å². The van der Waals surface area contributed by atoms with Crippen LogP contribution in [0.5, 0.6) is 0 Å². The lowest BCUT2D eigenvalue weighted by Gasteiger charge is -2.13. The number of halogens is 1. The van der Waals surface area contributed by atoms with Crippen molar-refractivity contribution in [3.63, 3.8) is 0 Å². The fourth-order valence-electron chi connectivity index (χ4n) is 1.70. The topological polar surface area (TPSA) is 73.1 Å². The summed E-state index contributed by atoms with van der Waals surface area (Å²) in [7, 11) is 0. The maximum Gasteiger partial charge on any atom is 0.157 e.